The van der Waals surface area contributed by atoms with Gasteiger partial charge in [0.15, 0.2) is 6.04 Å². The molecule has 0 bridgehead atoms. The van der Waals surface area contributed by atoms with Gasteiger partial charge in [-0.25, -0.2) is 0 Å². The second-order valence-corrected chi connectivity index (χ2v) is 4.19. The van der Waals surface area contributed by atoms with Gasteiger partial charge in [-0.15, -0.1) is 0 Å². The van der Waals surface area contributed by atoms with E-state index in [1.54, 1.807) is 0 Å². The first-order valence-electron chi connectivity index (χ1n) is 5.64. The Morgan fingerprint density at radius 1 is 1.06 bits per heavy atom. The van der Waals surface area contributed by atoms with E-state index in [9.17, 15) is 24.6 Å². The average Bonchev–Trinajstić information content (AvgIpc) is 2.27. The molecule has 0 aliphatic heterocycles. The number of carbonyl (C=O) groups is 3. The van der Waals surface area contributed by atoms with Gasteiger partial charge in [0, 0.05) is 12.8 Å². The summed E-state index contributed by atoms with van der Waals surface area (Å²) in [5.74, 6) is -3.10. The number of nitrogens with one attached hydrogen (secondary N) is 1. The lowest BCUT2D eigenvalue weighted by Crippen LogP contribution is -2.69. The molecule has 1 amide bonds. The van der Waals surface area contributed by atoms with Crippen LogP contribution in [0, 0.1) is 0 Å². The molecule has 0 aromatic heterocycles. The molecule has 0 fully saturated rings. The first kappa shape index (κ1) is 16.3. The van der Waals surface area contributed by atoms with Crippen LogP contribution in [0.4, 0.5) is 0 Å². The molecule has 3 unspecified atom stereocenters. The molecule has 0 saturated carbocycles. The normalized spacial score (nSPS) is 15.5. The highest BCUT2D eigenvalue weighted by Crippen LogP contribution is 2.00. The van der Waals surface area contributed by atoms with E-state index in [1.807, 2.05) is 0 Å². The van der Waals surface area contributed by atoms with Gasteiger partial charge < -0.3 is 36.6 Å². The van der Waals surface area contributed by atoms with E-state index in [-0.39, 0.29) is 6.42 Å². The van der Waals surface area contributed by atoms with Crippen molar-refractivity contribution in [1.82, 2.24) is 5.32 Å². The Hall–Kier alpha value is -1.67. The van der Waals surface area contributed by atoms with E-state index in [2.05, 4.69) is 16.8 Å². The summed E-state index contributed by atoms with van der Waals surface area (Å²) in [4.78, 5) is 32.3. The summed E-state index contributed by atoms with van der Waals surface area (Å²) in [6.07, 6.45) is 1.09. The number of hydrogen-bond acceptors (Lipinski definition) is 5. The van der Waals surface area contributed by atoms with Crippen LogP contribution in [0.2, 0.25) is 0 Å². The number of rotatable bonds is 8. The minimum atomic E-state index is -1.37. The molecule has 7 N–H and O–H groups in total. The van der Waals surface area contributed by atoms with E-state index in [0.29, 0.717) is 12.8 Å². The predicted molar refractivity (Wildman–Crippen MR) is 54.8 cm³/mol. The van der Waals surface area contributed by atoms with Gasteiger partial charge in [-0.1, -0.05) is 0 Å². The Morgan fingerprint density at radius 3 is 2.00 bits per heavy atom. The minimum absolute atomic E-state index is 0.289. The van der Waals surface area contributed by atoms with Crippen molar-refractivity contribution in [3.05, 3.63) is 0 Å². The Morgan fingerprint density at radius 2 is 1.56 bits per heavy atom. The van der Waals surface area contributed by atoms with Gasteiger partial charge in [0.2, 0.25) is 0 Å². The van der Waals surface area contributed by atoms with Crippen molar-refractivity contribution >= 4 is 17.8 Å². The van der Waals surface area contributed by atoms with Crippen LogP contribution in [0.15, 0.2) is 0 Å². The molecule has 0 radical (unpaired) electrons. The highest BCUT2D eigenvalue weighted by atomic mass is 16.4. The van der Waals surface area contributed by atoms with Crippen molar-refractivity contribution in [2.45, 2.75) is 44.3 Å². The highest BCUT2D eigenvalue weighted by Gasteiger charge is 2.19. The quantitative estimate of drug-likeness (QED) is 0.395. The number of amides is 1. The van der Waals surface area contributed by atoms with Crippen LogP contribution < -0.4 is 27.0 Å². The van der Waals surface area contributed by atoms with Crippen LogP contribution in [-0.2, 0) is 14.4 Å². The Bertz CT molecular complexity index is 321. The lowest BCUT2D eigenvalue weighted by Gasteiger charge is -2.16. The zero-order valence-electron chi connectivity index (χ0n) is 10.3. The summed E-state index contributed by atoms with van der Waals surface area (Å²) in [6, 6.07) is -2.53. The predicted octanol–water partition coefficient (Wildman–Crippen LogP) is -5.62. The largest absolute Gasteiger partial charge is 0.548 e. The van der Waals surface area contributed by atoms with Crippen molar-refractivity contribution in [3.8, 4) is 0 Å². The van der Waals surface area contributed by atoms with Crippen LogP contribution >= 0.6 is 0 Å². The zero-order valence-corrected chi connectivity index (χ0v) is 10.3. The fourth-order valence-corrected chi connectivity index (χ4v) is 1.25. The molecular weight excluding hydrogens is 242 g/mol. The van der Waals surface area contributed by atoms with Gasteiger partial charge in [-0.05, 0) is 13.3 Å². The fourth-order valence-electron chi connectivity index (χ4n) is 1.25. The van der Waals surface area contributed by atoms with Crippen LogP contribution in [-0.4, -0.2) is 36.0 Å². The molecule has 18 heavy (non-hydrogen) atoms. The molecular formula is C10H19N3O5. The fraction of sp³-hybridized carbons (Fsp3) is 0.700. The molecule has 0 rings (SSSR count). The number of aliphatic carboxylic acids is 2. The molecule has 8 heteroatoms. The number of quaternary nitrogens is 2. The number of carboxylic acids is 2. The van der Waals surface area contributed by atoms with E-state index in [0.717, 1.165) is 0 Å². The molecule has 0 aromatic carbocycles. The summed E-state index contributed by atoms with van der Waals surface area (Å²) >= 11 is 0. The average molecular weight is 261 g/mol. The Balaban J connectivity index is 3.95. The smallest absolute Gasteiger partial charge is 0.278 e. The van der Waals surface area contributed by atoms with Gasteiger partial charge in [-0.2, -0.15) is 0 Å². The van der Waals surface area contributed by atoms with Crippen molar-refractivity contribution in [2.75, 3.05) is 0 Å². The van der Waals surface area contributed by atoms with E-state index >= 15 is 0 Å². The summed E-state index contributed by atoms with van der Waals surface area (Å²) in [5.41, 5.74) is 6.97. The van der Waals surface area contributed by atoms with Crippen molar-refractivity contribution in [1.29, 1.82) is 0 Å². The van der Waals surface area contributed by atoms with Crippen LogP contribution in [0.3, 0.4) is 0 Å². The topological polar surface area (TPSA) is 165 Å². The van der Waals surface area contributed by atoms with Crippen LogP contribution in [0.25, 0.3) is 0 Å². The number of carboxylic acid groups (broad SMARTS) is 2. The SMILES string of the molecule is CC(NC(=O)C([NH3+])CCCC([NH3+])C(=O)[O-])C(=O)[O-]. The number of hydrogen-bond donors (Lipinski definition) is 3. The molecule has 8 nitrogen and oxygen atoms in total. The van der Waals surface area contributed by atoms with Crippen molar-refractivity contribution < 1.29 is 36.1 Å². The third-order valence-corrected chi connectivity index (χ3v) is 2.52. The first-order valence-corrected chi connectivity index (χ1v) is 5.64. The maximum atomic E-state index is 11.5. The summed E-state index contributed by atoms with van der Waals surface area (Å²) in [7, 11) is 0. The third kappa shape index (κ3) is 6.16. The van der Waals surface area contributed by atoms with Gasteiger partial charge in [0.1, 0.15) is 6.04 Å². The van der Waals surface area contributed by atoms with Crippen molar-refractivity contribution in [3.63, 3.8) is 0 Å². The molecule has 3 atom stereocenters. The monoisotopic (exact) mass is 261 g/mol. The molecule has 104 valence electrons. The van der Waals surface area contributed by atoms with E-state index in [4.69, 9.17) is 0 Å². The zero-order chi connectivity index (χ0) is 14.3. The van der Waals surface area contributed by atoms with E-state index in [1.165, 1.54) is 6.92 Å². The lowest BCUT2D eigenvalue weighted by atomic mass is 10.1. The molecule has 0 aliphatic rings. The first-order chi connectivity index (χ1) is 8.25. The number of carbonyl (C=O) groups excluding carboxylic acids is 3. The van der Waals surface area contributed by atoms with Gasteiger partial charge in [-0.3, -0.25) is 4.79 Å². The Labute approximate surface area is 104 Å². The van der Waals surface area contributed by atoms with Crippen LogP contribution in [0.5, 0.6) is 0 Å². The lowest BCUT2D eigenvalue weighted by molar-refractivity contribution is -0.439. The molecule has 0 spiro atoms. The van der Waals surface area contributed by atoms with Gasteiger partial charge in [0.25, 0.3) is 5.91 Å². The standard InChI is InChI=1S/C10H19N3O5/c1-5(9(15)16)13-8(14)6(11)3-2-4-7(12)10(17)18/h5-7H,2-4,11-12H2,1H3,(H,13,14)(H,15,16)(H,17,18). The summed E-state index contributed by atoms with van der Waals surface area (Å²) < 4.78 is 0. The minimum Gasteiger partial charge on any atom is -0.548 e. The van der Waals surface area contributed by atoms with Gasteiger partial charge >= 0.3 is 0 Å². The maximum Gasteiger partial charge on any atom is 0.278 e. The molecule has 0 aliphatic carbocycles. The highest BCUT2D eigenvalue weighted by molar-refractivity contribution is 5.85. The summed E-state index contributed by atoms with van der Waals surface area (Å²) in [5, 5.41) is 23.0. The second kappa shape index (κ2) is 7.62. The Kier molecular flexibility index (Phi) is 6.91. The van der Waals surface area contributed by atoms with Crippen molar-refractivity contribution in [2.24, 2.45) is 0 Å². The summed E-state index contributed by atoms with van der Waals surface area (Å²) in [6.45, 7) is 1.29. The van der Waals surface area contributed by atoms with Crippen LogP contribution in [0.1, 0.15) is 26.2 Å². The molecule has 0 aromatic rings. The van der Waals surface area contributed by atoms with E-state index < -0.39 is 36.0 Å². The molecule has 0 heterocycles. The maximum absolute atomic E-state index is 11.5. The van der Waals surface area contributed by atoms with Gasteiger partial charge in [0.05, 0.1) is 18.0 Å². The third-order valence-electron chi connectivity index (χ3n) is 2.52. The second-order valence-electron chi connectivity index (χ2n) is 4.19. The molecule has 0 saturated heterocycles.